The van der Waals surface area contributed by atoms with Crippen molar-refractivity contribution in [3.05, 3.63) is 0 Å². The monoisotopic (exact) mass is 252 g/mol. The van der Waals surface area contributed by atoms with E-state index in [1.165, 1.54) is 6.42 Å². The van der Waals surface area contributed by atoms with Crippen molar-refractivity contribution in [1.82, 2.24) is 10.2 Å². The van der Waals surface area contributed by atoms with E-state index in [9.17, 15) is 4.79 Å². The first-order valence-corrected chi connectivity index (χ1v) is 7.57. The minimum Gasteiger partial charge on any atom is -0.342 e. The summed E-state index contributed by atoms with van der Waals surface area (Å²) in [6.45, 7) is 10.6. The summed E-state index contributed by atoms with van der Waals surface area (Å²) in [7, 11) is 0. The summed E-state index contributed by atoms with van der Waals surface area (Å²) >= 11 is 0. The van der Waals surface area contributed by atoms with Gasteiger partial charge in [0.05, 0.1) is 5.41 Å². The van der Waals surface area contributed by atoms with Crippen LogP contribution < -0.4 is 5.32 Å². The third-order valence-corrected chi connectivity index (χ3v) is 4.58. The molecule has 2 aliphatic rings. The molecule has 18 heavy (non-hydrogen) atoms. The molecule has 0 aliphatic carbocycles. The number of carbonyl (C=O) groups is 1. The summed E-state index contributed by atoms with van der Waals surface area (Å²) < 4.78 is 0. The van der Waals surface area contributed by atoms with Gasteiger partial charge in [0.2, 0.25) is 5.91 Å². The Morgan fingerprint density at radius 1 is 1.33 bits per heavy atom. The van der Waals surface area contributed by atoms with Crippen LogP contribution in [0.2, 0.25) is 0 Å². The van der Waals surface area contributed by atoms with Crippen LogP contribution >= 0.6 is 0 Å². The smallest absolute Gasteiger partial charge is 0.230 e. The summed E-state index contributed by atoms with van der Waals surface area (Å²) in [5.41, 5.74) is -0.0917. The summed E-state index contributed by atoms with van der Waals surface area (Å²) in [5, 5.41) is 3.39. The molecular formula is C15H28N2O. The van der Waals surface area contributed by atoms with Crippen molar-refractivity contribution in [2.75, 3.05) is 26.2 Å². The van der Waals surface area contributed by atoms with Gasteiger partial charge in [-0.25, -0.2) is 0 Å². The highest BCUT2D eigenvalue weighted by molar-refractivity contribution is 5.83. The Kier molecular flexibility index (Phi) is 4.31. The van der Waals surface area contributed by atoms with Crippen LogP contribution in [0.5, 0.6) is 0 Å². The van der Waals surface area contributed by atoms with E-state index in [0.717, 1.165) is 45.4 Å². The standard InChI is InChI=1S/C15H28N2O/c1-4-5-15(6-7-16-11-15)14(18)17-9-12(2)8-13(3)10-17/h12-13,16H,4-11H2,1-3H3. The maximum absolute atomic E-state index is 12.9. The van der Waals surface area contributed by atoms with Crippen molar-refractivity contribution in [3.63, 3.8) is 0 Å². The van der Waals surface area contributed by atoms with E-state index in [1.807, 2.05) is 0 Å². The van der Waals surface area contributed by atoms with Gasteiger partial charge in [-0.1, -0.05) is 27.2 Å². The number of hydrogen-bond donors (Lipinski definition) is 1. The van der Waals surface area contributed by atoms with E-state index >= 15 is 0 Å². The lowest BCUT2D eigenvalue weighted by molar-refractivity contribution is -0.144. The summed E-state index contributed by atoms with van der Waals surface area (Å²) in [6, 6.07) is 0. The Morgan fingerprint density at radius 3 is 2.50 bits per heavy atom. The Bertz CT molecular complexity index is 287. The third-order valence-electron chi connectivity index (χ3n) is 4.58. The molecule has 2 aliphatic heterocycles. The topological polar surface area (TPSA) is 32.3 Å². The van der Waals surface area contributed by atoms with Crippen LogP contribution in [0.3, 0.4) is 0 Å². The van der Waals surface area contributed by atoms with Gasteiger partial charge in [-0.2, -0.15) is 0 Å². The van der Waals surface area contributed by atoms with Crippen molar-refractivity contribution < 1.29 is 4.79 Å². The molecule has 0 bridgehead atoms. The number of likely N-dealkylation sites (tertiary alicyclic amines) is 1. The van der Waals surface area contributed by atoms with E-state index in [4.69, 9.17) is 0 Å². The van der Waals surface area contributed by atoms with Gasteiger partial charge in [0.15, 0.2) is 0 Å². The van der Waals surface area contributed by atoms with Crippen LogP contribution in [0, 0.1) is 17.3 Å². The molecule has 3 unspecified atom stereocenters. The van der Waals surface area contributed by atoms with Crippen molar-refractivity contribution in [3.8, 4) is 0 Å². The minimum atomic E-state index is -0.0917. The first-order chi connectivity index (χ1) is 8.57. The molecule has 1 N–H and O–H groups in total. The molecule has 2 fully saturated rings. The van der Waals surface area contributed by atoms with E-state index in [-0.39, 0.29) is 5.41 Å². The highest BCUT2D eigenvalue weighted by Crippen LogP contribution is 2.35. The molecule has 3 atom stereocenters. The molecule has 3 nitrogen and oxygen atoms in total. The second-order valence-electron chi connectivity index (χ2n) is 6.61. The van der Waals surface area contributed by atoms with Crippen molar-refractivity contribution >= 4 is 5.91 Å². The fourth-order valence-corrected chi connectivity index (χ4v) is 3.89. The van der Waals surface area contributed by atoms with Crippen LogP contribution in [0.4, 0.5) is 0 Å². The van der Waals surface area contributed by atoms with Gasteiger partial charge in [0.1, 0.15) is 0 Å². The first kappa shape index (κ1) is 13.9. The maximum atomic E-state index is 12.9. The van der Waals surface area contributed by atoms with Gasteiger partial charge in [-0.15, -0.1) is 0 Å². The Hall–Kier alpha value is -0.570. The van der Waals surface area contributed by atoms with Crippen LogP contribution in [-0.4, -0.2) is 37.0 Å². The van der Waals surface area contributed by atoms with E-state index in [2.05, 4.69) is 31.0 Å². The quantitative estimate of drug-likeness (QED) is 0.835. The Balaban J connectivity index is 2.08. The maximum Gasteiger partial charge on any atom is 0.230 e. The Morgan fingerprint density at radius 2 is 2.00 bits per heavy atom. The molecule has 0 spiro atoms. The van der Waals surface area contributed by atoms with Crippen LogP contribution in [0.15, 0.2) is 0 Å². The number of nitrogens with zero attached hydrogens (tertiary/aromatic N) is 1. The molecule has 0 saturated carbocycles. The van der Waals surface area contributed by atoms with Gasteiger partial charge < -0.3 is 10.2 Å². The Labute approximate surface area is 111 Å². The fraction of sp³-hybridized carbons (Fsp3) is 0.933. The van der Waals surface area contributed by atoms with Crippen molar-refractivity contribution in [2.24, 2.45) is 17.3 Å². The molecule has 2 heterocycles. The van der Waals surface area contributed by atoms with E-state index in [0.29, 0.717) is 17.7 Å². The van der Waals surface area contributed by atoms with Crippen LogP contribution in [0.25, 0.3) is 0 Å². The second kappa shape index (κ2) is 5.60. The van der Waals surface area contributed by atoms with Gasteiger partial charge >= 0.3 is 0 Å². The zero-order valence-corrected chi connectivity index (χ0v) is 12.2. The average molecular weight is 252 g/mol. The highest BCUT2D eigenvalue weighted by atomic mass is 16.2. The lowest BCUT2D eigenvalue weighted by Gasteiger charge is -2.40. The third kappa shape index (κ3) is 2.71. The number of carbonyl (C=O) groups excluding carboxylic acids is 1. The van der Waals surface area contributed by atoms with Crippen molar-refractivity contribution in [2.45, 2.75) is 46.5 Å². The predicted octanol–water partition coefficient (Wildman–Crippen LogP) is 2.27. The molecule has 0 radical (unpaired) electrons. The largest absolute Gasteiger partial charge is 0.342 e. The van der Waals surface area contributed by atoms with E-state index < -0.39 is 0 Å². The average Bonchev–Trinajstić information content (AvgIpc) is 2.77. The summed E-state index contributed by atoms with van der Waals surface area (Å²) in [5.74, 6) is 1.74. The fourth-order valence-electron chi connectivity index (χ4n) is 3.89. The van der Waals surface area contributed by atoms with Gasteiger partial charge in [-0.3, -0.25) is 4.79 Å². The van der Waals surface area contributed by atoms with E-state index in [1.54, 1.807) is 0 Å². The molecule has 0 aromatic heterocycles. The SMILES string of the molecule is CCCC1(C(=O)N2CC(C)CC(C)C2)CCNC1. The number of rotatable bonds is 3. The summed E-state index contributed by atoms with van der Waals surface area (Å²) in [6.07, 6.45) is 4.44. The zero-order valence-electron chi connectivity index (χ0n) is 12.2. The molecule has 2 saturated heterocycles. The molecule has 3 heteroatoms. The molecule has 104 valence electrons. The second-order valence-corrected chi connectivity index (χ2v) is 6.61. The van der Waals surface area contributed by atoms with Gasteiger partial charge in [0, 0.05) is 19.6 Å². The number of nitrogens with one attached hydrogen (secondary N) is 1. The zero-order chi connectivity index (χ0) is 13.2. The number of amides is 1. The summed E-state index contributed by atoms with van der Waals surface area (Å²) in [4.78, 5) is 15.0. The van der Waals surface area contributed by atoms with Crippen molar-refractivity contribution in [1.29, 1.82) is 0 Å². The molecule has 1 amide bonds. The minimum absolute atomic E-state index is 0.0917. The van der Waals surface area contributed by atoms with Crippen LogP contribution in [-0.2, 0) is 4.79 Å². The van der Waals surface area contributed by atoms with Gasteiger partial charge in [0.25, 0.3) is 0 Å². The first-order valence-electron chi connectivity index (χ1n) is 7.57. The molecule has 0 aromatic carbocycles. The van der Waals surface area contributed by atoms with Crippen LogP contribution in [0.1, 0.15) is 46.5 Å². The predicted molar refractivity (Wildman–Crippen MR) is 74.4 cm³/mol. The lowest BCUT2D eigenvalue weighted by atomic mass is 9.79. The lowest BCUT2D eigenvalue weighted by Crippen LogP contribution is -2.50. The number of piperidine rings is 1. The number of hydrogen-bond acceptors (Lipinski definition) is 2. The molecular weight excluding hydrogens is 224 g/mol. The molecule has 0 aromatic rings. The molecule has 2 rings (SSSR count). The highest BCUT2D eigenvalue weighted by Gasteiger charge is 2.43. The normalized spacial score (nSPS) is 36.9. The van der Waals surface area contributed by atoms with Gasteiger partial charge in [-0.05, 0) is 37.6 Å².